The number of nitrogens with two attached hydrogens (primary N) is 1. The molecule has 0 amide bonds. The summed E-state index contributed by atoms with van der Waals surface area (Å²) in [6.45, 7) is 2.05. The third-order valence-corrected chi connectivity index (χ3v) is 6.47. The summed E-state index contributed by atoms with van der Waals surface area (Å²) >= 11 is 0. The second-order valence-electron chi connectivity index (χ2n) is 8.53. The summed E-state index contributed by atoms with van der Waals surface area (Å²) in [7, 11) is 0. The van der Waals surface area contributed by atoms with Crippen molar-refractivity contribution in [2.45, 2.75) is 32.3 Å². The summed E-state index contributed by atoms with van der Waals surface area (Å²) < 4.78 is 11.6. The summed E-state index contributed by atoms with van der Waals surface area (Å²) in [6.07, 6.45) is 3.27. The van der Waals surface area contributed by atoms with Crippen molar-refractivity contribution in [2.24, 2.45) is 0 Å². The molecule has 1 heterocycles. The summed E-state index contributed by atoms with van der Waals surface area (Å²) in [6, 6.07) is 22.0. The molecule has 1 aromatic heterocycles. The van der Waals surface area contributed by atoms with E-state index in [1.807, 2.05) is 24.3 Å². The van der Waals surface area contributed by atoms with Gasteiger partial charge in [-0.1, -0.05) is 36.4 Å². The lowest BCUT2D eigenvalue weighted by Gasteiger charge is -2.19. The smallest absolute Gasteiger partial charge is 0.310 e. The zero-order valence-electron chi connectivity index (χ0n) is 19.5. The maximum atomic E-state index is 12.2. The molecule has 4 aromatic rings. The van der Waals surface area contributed by atoms with E-state index in [0.29, 0.717) is 29.3 Å². The Morgan fingerprint density at radius 2 is 2.00 bits per heavy atom. The number of pyridine rings is 1. The highest BCUT2D eigenvalue weighted by atomic mass is 16.5. The zero-order chi connectivity index (χ0) is 24.4. The van der Waals surface area contributed by atoms with Crippen LogP contribution < -0.4 is 10.5 Å². The molecule has 0 spiro atoms. The topological polar surface area (TPSA) is 98.2 Å². The number of esters is 1. The first-order valence-electron chi connectivity index (χ1n) is 11.7. The average Bonchev–Trinajstić information content (AvgIpc) is 3.27. The molecule has 0 saturated heterocycles. The molecular formula is C29H25N3O3. The summed E-state index contributed by atoms with van der Waals surface area (Å²) in [5.41, 5.74) is 11.6. The number of carbonyl (C=O) groups excluding carboxylic acids is 1. The number of nitriles is 1. The number of aryl methyl sites for hydroxylation is 1. The van der Waals surface area contributed by atoms with Crippen molar-refractivity contribution >= 4 is 22.6 Å². The fourth-order valence-corrected chi connectivity index (χ4v) is 4.81. The fraction of sp³-hybridized carbons (Fsp3) is 0.207. The quantitative estimate of drug-likeness (QED) is 0.378. The standard InChI is InChI=1S/C29H25N3O3/c1-2-34-28(33)16-25-20(17-30)5-3-8-26(25)35-27-12-11-18-9-10-19(15-24(18)27)21-6-4-7-23-22(21)13-14-32-29(23)31/h3-10,13-15,27H,2,11-12,16H2,1H3,(H2,31,32). The lowest BCUT2D eigenvalue weighted by molar-refractivity contribution is -0.142. The van der Waals surface area contributed by atoms with Crippen LogP contribution in [0, 0.1) is 11.3 Å². The maximum absolute atomic E-state index is 12.2. The lowest BCUT2D eigenvalue weighted by atomic mass is 9.96. The number of aromatic nitrogens is 1. The van der Waals surface area contributed by atoms with Crippen LogP contribution in [0.25, 0.3) is 21.9 Å². The Bertz CT molecular complexity index is 1470. The van der Waals surface area contributed by atoms with Crippen LogP contribution in [0.4, 0.5) is 5.82 Å². The molecule has 1 aliphatic carbocycles. The molecule has 0 saturated carbocycles. The highest BCUT2D eigenvalue weighted by Crippen LogP contribution is 2.40. The van der Waals surface area contributed by atoms with Crippen LogP contribution in [0.5, 0.6) is 5.75 Å². The molecule has 0 radical (unpaired) electrons. The number of nitrogens with zero attached hydrogens (tertiary/aromatic N) is 2. The van der Waals surface area contributed by atoms with Crippen LogP contribution in [0.3, 0.4) is 0 Å². The van der Waals surface area contributed by atoms with E-state index in [1.165, 1.54) is 5.56 Å². The van der Waals surface area contributed by atoms with Crippen LogP contribution in [-0.4, -0.2) is 17.6 Å². The van der Waals surface area contributed by atoms with Crippen molar-refractivity contribution in [3.63, 3.8) is 0 Å². The average molecular weight is 464 g/mol. The highest BCUT2D eigenvalue weighted by molar-refractivity contribution is 6.01. The van der Waals surface area contributed by atoms with Crippen molar-refractivity contribution in [1.29, 1.82) is 5.26 Å². The Morgan fingerprint density at radius 1 is 1.14 bits per heavy atom. The van der Waals surface area contributed by atoms with Crippen molar-refractivity contribution in [3.05, 3.63) is 89.1 Å². The number of benzene rings is 3. The maximum Gasteiger partial charge on any atom is 0.310 e. The molecule has 6 nitrogen and oxygen atoms in total. The van der Waals surface area contributed by atoms with Crippen LogP contribution in [0.2, 0.25) is 0 Å². The van der Waals surface area contributed by atoms with Gasteiger partial charge in [0.1, 0.15) is 17.7 Å². The van der Waals surface area contributed by atoms with Gasteiger partial charge in [0.25, 0.3) is 0 Å². The van der Waals surface area contributed by atoms with Crippen LogP contribution in [0.15, 0.2) is 66.9 Å². The minimum Gasteiger partial charge on any atom is -0.485 e. The van der Waals surface area contributed by atoms with E-state index in [0.717, 1.165) is 40.3 Å². The van der Waals surface area contributed by atoms with Crippen LogP contribution >= 0.6 is 0 Å². The molecule has 0 bridgehead atoms. The Balaban J connectivity index is 1.51. The normalized spacial score (nSPS) is 14.3. The van der Waals surface area contributed by atoms with E-state index >= 15 is 0 Å². The second-order valence-corrected chi connectivity index (χ2v) is 8.53. The van der Waals surface area contributed by atoms with Gasteiger partial charge in [-0.2, -0.15) is 5.26 Å². The number of ether oxygens (including phenoxy) is 2. The molecule has 0 fully saturated rings. The Labute approximate surface area is 203 Å². The third kappa shape index (κ3) is 4.29. The van der Waals surface area contributed by atoms with Gasteiger partial charge in [0.15, 0.2) is 0 Å². The van der Waals surface area contributed by atoms with E-state index in [2.05, 4.69) is 35.3 Å². The van der Waals surface area contributed by atoms with Gasteiger partial charge in [-0.05, 0) is 71.7 Å². The minimum atomic E-state index is -0.376. The fourth-order valence-electron chi connectivity index (χ4n) is 4.81. The minimum absolute atomic E-state index is 0.00200. The number of carbonyl (C=O) groups is 1. The lowest BCUT2D eigenvalue weighted by Crippen LogP contribution is -2.12. The van der Waals surface area contributed by atoms with Crippen molar-refractivity contribution in [3.8, 4) is 22.9 Å². The molecular weight excluding hydrogens is 438 g/mol. The van der Waals surface area contributed by atoms with Crippen LogP contribution in [-0.2, 0) is 22.4 Å². The number of nitrogen functional groups attached to an aromatic ring is 1. The largest absolute Gasteiger partial charge is 0.485 e. The number of anilines is 1. The number of fused-ring (bicyclic) bond motifs is 2. The SMILES string of the molecule is CCOC(=O)Cc1c(C#N)cccc1OC1CCc2ccc(-c3cccc4c(N)nccc34)cc21. The van der Waals surface area contributed by atoms with Gasteiger partial charge in [-0.3, -0.25) is 4.79 Å². The predicted molar refractivity (Wildman–Crippen MR) is 135 cm³/mol. The van der Waals surface area contributed by atoms with Gasteiger partial charge >= 0.3 is 5.97 Å². The molecule has 2 N–H and O–H groups in total. The molecule has 1 aliphatic rings. The number of hydrogen-bond donors (Lipinski definition) is 1. The predicted octanol–water partition coefficient (Wildman–Crippen LogP) is 5.53. The van der Waals surface area contributed by atoms with Gasteiger partial charge < -0.3 is 15.2 Å². The third-order valence-electron chi connectivity index (χ3n) is 6.47. The molecule has 174 valence electrons. The van der Waals surface area contributed by atoms with Gasteiger partial charge in [0, 0.05) is 17.1 Å². The van der Waals surface area contributed by atoms with Crippen molar-refractivity contribution < 1.29 is 14.3 Å². The highest BCUT2D eigenvalue weighted by Gasteiger charge is 2.26. The molecule has 1 unspecified atom stereocenters. The summed E-state index contributed by atoms with van der Waals surface area (Å²) in [4.78, 5) is 16.4. The summed E-state index contributed by atoms with van der Waals surface area (Å²) in [5.74, 6) is 0.682. The van der Waals surface area contributed by atoms with Crippen molar-refractivity contribution in [1.82, 2.24) is 4.98 Å². The zero-order valence-corrected chi connectivity index (χ0v) is 19.5. The van der Waals surface area contributed by atoms with Crippen LogP contribution in [0.1, 0.15) is 41.7 Å². The first-order chi connectivity index (χ1) is 17.1. The first-order valence-corrected chi connectivity index (χ1v) is 11.7. The first kappa shape index (κ1) is 22.4. The molecule has 3 aromatic carbocycles. The van der Waals surface area contributed by atoms with E-state index in [-0.39, 0.29) is 18.5 Å². The Morgan fingerprint density at radius 3 is 2.83 bits per heavy atom. The van der Waals surface area contributed by atoms with Gasteiger partial charge in [0.05, 0.1) is 24.7 Å². The van der Waals surface area contributed by atoms with E-state index < -0.39 is 0 Å². The molecule has 1 atom stereocenters. The monoisotopic (exact) mass is 463 g/mol. The van der Waals surface area contributed by atoms with Crippen molar-refractivity contribution in [2.75, 3.05) is 12.3 Å². The second kappa shape index (κ2) is 9.47. The van der Waals surface area contributed by atoms with Gasteiger partial charge in [-0.15, -0.1) is 0 Å². The van der Waals surface area contributed by atoms with E-state index in [1.54, 1.807) is 25.3 Å². The number of hydrogen-bond acceptors (Lipinski definition) is 6. The molecule has 0 aliphatic heterocycles. The van der Waals surface area contributed by atoms with E-state index in [9.17, 15) is 10.1 Å². The molecule has 35 heavy (non-hydrogen) atoms. The summed E-state index contributed by atoms with van der Waals surface area (Å²) in [5, 5.41) is 11.6. The van der Waals surface area contributed by atoms with Gasteiger partial charge in [0.2, 0.25) is 0 Å². The number of rotatable bonds is 6. The van der Waals surface area contributed by atoms with E-state index in [4.69, 9.17) is 15.2 Å². The molecule has 6 heteroatoms. The Hall–Kier alpha value is -4.37. The van der Waals surface area contributed by atoms with Gasteiger partial charge in [-0.25, -0.2) is 4.98 Å². The molecule has 5 rings (SSSR count). The Kier molecular flexibility index (Phi) is 6.07.